The summed E-state index contributed by atoms with van der Waals surface area (Å²) in [6.45, 7) is -0.897. The SMILES string of the molecule is O=C([O-])C(O)=C(O)C(O)C(O)CO.[Na+]. The van der Waals surface area contributed by atoms with Crippen LogP contribution in [0, 0.1) is 0 Å². The first-order valence-electron chi connectivity index (χ1n) is 3.22. The average Bonchev–Trinajstić information content (AvgIpc) is 2.12. The van der Waals surface area contributed by atoms with Gasteiger partial charge in [0.05, 0.1) is 6.61 Å². The van der Waals surface area contributed by atoms with E-state index in [0.29, 0.717) is 0 Å². The van der Waals surface area contributed by atoms with Crippen molar-refractivity contribution in [1.29, 1.82) is 0 Å². The minimum absolute atomic E-state index is 0. The molecule has 2 atom stereocenters. The Balaban J connectivity index is 0. The molecule has 0 bridgehead atoms. The Labute approximate surface area is 101 Å². The maximum Gasteiger partial charge on any atom is 1.00 e. The van der Waals surface area contributed by atoms with E-state index in [1.54, 1.807) is 0 Å². The van der Waals surface area contributed by atoms with Crippen molar-refractivity contribution in [3.63, 3.8) is 0 Å². The van der Waals surface area contributed by atoms with Gasteiger partial charge in [-0.1, -0.05) is 0 Å². The minimum Gasteiger partial charge on any atom is -0.541 e. The number of rotatable bonds is 4. The van der Waals surface area contributed by atoms with Crippen LogP contribution in [0.5, 0.6) is 0 Å². The van der Waals surface area contributed by atoms with Crippen LogP contribution in [0.15, 0.2) is 11.5 Å². The molecular weight excluding hydrogens is 207 g/mol. The Hall–Kier alpha value is -0.310. The zero-order valence-corrected chi connectivity index (χ0v) is 9.41. The van der Waals surface area contributed by atoms with Crippen molar-refractivity contribution in [2.75, 3.05) is 6.61 Å². The van der Waals surface area contributed by atoms with Crippen molar-refractivity contribution >= 4 is 5.97 Å². The number of aliphatic hydroxyl groups excluding tert-OH is 5. The molecule has 0 aromatic rings. The molecule has 0 spiro atoms. The summed E-state index contributed by atoms with van der Waals surface area (Å²) in [6.07, 6.45) is -3.84. The molecule has 2 unspecified atom stereocenters. The third kappa shape index (κ3) is 4.27. The third-order valence-electron chi connectivity index (χ3n) is 1.27. The van der Waals surface area contributed by atoms with E-state index in [0.717, 1.165) is 0 Å². The Morgan fingerprint density at radius 1 is 1.29 bits per heavy atom. The van der Waals surface area contributed by atoms with Crippen molar-refractivity contribution in [3.8, 4) is 0 Å². The predicted molar refractivity (Wildman–Crippen MR) is 36.4 cm³/mol. The molecule has 0 saturated heterocycles. The zero-order valence-electron chi connectivity index (χ0n) is 7.41. The van der Waals surface area contributed by atoms with E-state index < -0.39 is 36.3 Å². The van der Waals surface area contributed by atoms with Gasteiger partial charge in [0, 0.05) is 0 Å². The zero-order chi connectivity index (χ0) is 10.6. The standard InChI is InChI=1S/C6H10O7.Na/c7-1-2(8)3(9)4(10)5(11)6(12)13;/h2-3,7-11H,1H2,(H,12,13);/q;+1/p-1. The van der Waals surface area contributed by atoms with Gasteiger partial charge in [-0.15, -0.1) is 0 Å². The Morgan fingerprint density at radius 2 is 1.71 bits per heavy atom. The van der Waals surface area contributed by atoms with Crippen LogP contribution in [0.2, 0.25) is 0 Å². The second kappa shape index (κ2) is 7.04. The molecule has 0 fully saturated rings. The van der Waals surface area contributed by atoms with Gasteiger partial charge in [0.1, 0.15) is 18.2 Å². The van der Waals surface area contributed by atoms with E-state index >= 15 is 0 Å². The minimum atomic E-state index is -2.10. The summed E-state index contributed by atoms with van der Waals surface area (Å²) in [5, 5.41) is 53.0. The van der Waals surface area contributed by atoms with Crippen LogP contribution in [-0.2, 0) is 4.79 Å². The molecule has 0 radical (unpaired) electrons. The summed E-state index contributed by atoms with van der Waals surface area (Å²) in [7, 11) is 0. The fourth-order valence-electron chi connectivity index (χ4n) is 0.527. The maximum absolute atomic E-state index is 9.92. The van der Waals surface area contributed by atoms with Crippen molar-refractivity contribution in [2.24, 2.45) is 0 Å². The molecular formula is C6H9NaO7. The number of carboxylic acids is 1. The summed E-state index contributed by atoms with van der Waals surface area (Å²) in [5.74, 6) is -5.04. The van der Waals surface area contributed by atoms with E-state index in [-0.39, 0.29) is 29.6 Å². The molecule has 0 aliphatic heterocycles. The predicted octanol–water partition coefficient (Wildman–Crippen LogP) is -6.22. The van der Waals surface area contributed by atoms with Gasteiger partial charge in [-0.25, -0.2) is 0 Å². The topological polar surface area (TPSA) is 141 Å². The normalized spacial score (nSPS) is 16.2. The average molecular weight is 216 g/mol. The maximum atomic E-state index is 9.92. The van der Waals surface area contributed by atoms with Gasteiger partial charge in [0.15, 0.2) is 11.5 Å². The molecule has 0 heterocycles. The number of hydrogen-bond donors (Lipinski definition) is 5. The number of carbonyl (C=O) groups excluding carboxylic acids is 1. The van der Waals surface area contributed by atoms with Gasteiger partial charge >= 0.3 is 29.6 Å². The van der Waals surface area contributed by atoms with E-state index in [4.69, 9.17) is 25.5 Å². The molecule has 8 heteroatoms. The largest absolute Gasteiger partial charge is 1.00 e. The van der Waals surface area contributed by atoms with Gasteiger partial charge in [0.2, 0.25) is 0 Å². The van der Waals surface area contributed by atoms with Crippen LogP contribution in [0.4, 0.5) is 0 Å². The summed E-state index contributed by atoms with van der Waals surface area (Å²) in [6, 6.07) is 0. The summed E-state index contributed by atoms with van der Waals surface area (Å²) < 4.78 is 0. The number of carboxylic acid groups (broad SMARTS) is 1. The second-order valence-electron chi connectivity index (χ2n) is 2.22. The number of aliphatic carboxylic acids is 1. The van der Waals surface area contributed by atoms with Gasteiger partial charge < -0.3 is 35.4 Å². The molecule has 7 nitrogen and oxygen atoms in total. The quantitative estimate of drug-likeness (QED) is 0.179. The van der Waals surface area contributed by atoms with Crippen LogP contribution in [-0.4, -0.2) is 50.3 Å². The smallest absolute Gasteiger partial charge is 0.541 e. The molecule has 0 rings (SSSR count). The van der Waals surface area contributed by atoms with E-state index in [1.807, 2.05) is 0 Å². The molecule has 0 aromatic carbocycles. The van der Waals surface area contributed by atoms with Crippen molar-refractivity contribution < 1.29 is 65.0 Å². The first-order valence-corrected chi connectivity index (χ1v) is 3.22. The van der Waals surface area contributed by atoms with E-state index in [1.165, 1.54) is 0 Å². The summed E-state index contributed by atoms with van der Waals surface area (Å²) in [5.41, 5.74) is 0. The first-order chi connectivity index (χ1) is 5.91. The molecule has 76 valence electrons. The molecule has 0 amide bonds. The van der Waals surface area contributed by atoms with E-state index in [2.05, 4.69) is 0 Å². The second-order valence-corrected chi connectivity index (χ2v) is 2.22. The third-order valence-corrected chi connectivity index (χ3v) is 1.27. The molecule has 0 aliphatic rings. The van der Waals surface area contributed by atoms with Gasteiger partial charge in [0.25, 0.3) is 0 Å². The molecule has 0 aromatic heterocycles. The van der Waals surface area contributed by atoms with Crippen molar-refractivity contribution in [3.05, 3.63) is 11.5 Å². The fourth-order valence-corrected chi connectivity index (χ4v) is 0.527. The van der Waals surface area contributed by atoms with E-state index in [9.17, 15) is 9.90 Å². The molecule has 0 saturated carbocycles. The van der Waals surface area contributed by atoms with Crippen molar-refractivity contribution in [2.45, 2.75) is 12.2 Å². The number of carbonyl (C=O) groups is 1. The Morgan fingerprint density at radius 3 is 2.00 bits per heavy atom. The van der Waals surface area contributed by atoms with Crippen LogP contribution >= 0.6 is 0 Å². The Kier molecular flexibility index (Phi) is 8.12. The van der Waals surface area contributed by atoms with Crippen molar-refractivity contribution in [1.82, 2.24) is 0 Å². The number of hydrogen-bond acceptors (Lipinski definition) is 7. The fraction of sp³-hybridized carbons (Fsp3) is 0.500. The first kappa shape index (κ1) is 16.1. The van der Waals surface area contributed by atoms with Crippen LogP contribution in [0.1, 0.15) is 0 Å². The number of aliphatic hydroxyl groups is 5. The molecule has 0 aliphatic carbocycles. The molecule has 14 heavy (non-hydrogen) atoms. The van der Waals surface area contributed by atoms with Gasteiger partial charge in [-0.3, -0.25) is 0 Å². The Bertz CT molecular complexity index is 226. The van der Waals surface area contributed by atoms with Gasteiger partial charge in [-0.05, 0) is 0 Å². The van der Waals surface area contributed by atoms with Crippen LogP contribution < -0.4 is 34.7 Å². The van der Waals surface area contributed by atoms with Crippen LogP contribution in [0.25, 0.3) is 0 Å². The monoisotopic (exact) mass is 216 g/mol. The molecule has 5 N–H and O–H groups in total. The summed E-state index contributed by atoms with van der Waals surface area (Å²) in [4.78, 5) is 9.92. The van der Waals surface area contributed by atoms with Crippen LogP contribution in [0.3, 0.4) is 0 Å². The van der Waals surface area contributed by atoms with Gasteiger partial charge in [-0.2, -0.15) is 0 Å². The summed E-state index contributed by atoms with van der Waals surface area (Å²) >= 11 is 0.